The molecule has 19 heavy (non-hydrogen) atoms. The second kappa shape index (κ2) is 6.33. The number of benzene rings is 1. The topological polar surface area (TPSA) is 57.8 Å². The molecule has 0 saturated heterocycles. The summed E-state index contributed by atoms with van der Waals surface area (Å²) < 4.78 is 24.8. The van der Waals surface area contributed by atoms with Gasteiger partial charge in [0.15, 0.2) is 0 Å². The van der Waals surface area contributed by atoms with Crippen molar-refractivity contribution in [2.75, 3.05) is 0 Å². The van der Waals surface area contributed by atoms with Crippen LogP contribution in [0.2, 0.25) is 0 Å². The number of carbonyl (C=O) groups excluding carboxylic acids is 1. The Bertz CT molecular complexity index is 546. The van der Waals surface area contributed by atoms with E-state index in [1.54, 1.807) is 24.5 Å². The van der Waals surface area contributed by atoms with Crippen molar-refractivity contribution < 1.29 is 13.6 Å². The summed E-state index contributed by atoms with van der Waals surface area (Å²) in [5.74, 6) is -2.36. The van der Waals surface area contributed by atoms with Crippen LogP contribution in [0.3, 0.4) is 0 Å². The molecule has 0 fully saturated rings. The minimum Gasteiger partial charge on any atom is -0.347 e. The first-order valence-corrected chi connectivity index (χ1v) is 6.35. The van der Waals surface area contributed by atoms with Gasteiger partial charge < -0.3 is 10.3 Å². The van der Waals surface area contributed by atoms with Crippen LogP contribution in [0.4, 0.5) is 8.78 Å². The lowest BCUT2D eigenvalue weighted by Crippen LogP contribution is -2.24. The van der Waals surface area contributed by atoms with Gasteiger partial charge in [-0.05, 0) is 12.1 Å². The Labute approximate surface area is 112 Å². The molecule has 7 heteroatoms. The number of halogens is 2. The number of amides is 1. The molecule has 0 atom stereocenters. The lowest BCUT2D eigenvalue weighted by atomic mass is 10.2. The smallest absolute Gasteiger partial charge is 0.288 e. The molecule has 0 aliphatic rings. The number of hydrogen-bond donors (Lipinski definition) is 2. The Kier molecular flexibility index (Phi) is 4.51. The third-order valence-electron chi connectivity index (χ3n) is 2.32. The zero-order chi connectivity index (χ0) is 13.7. The maximum absolute atomic E-state index is 12.4. The highest BCUT2D eigenvalue weighted by Gasteiger charge is 2.14. The number of aromatic amines is 1. The zero-order valence-corrected chi connectivity index (χ0v) is 10.6. The zero-order valence-electron chi connectivity index (χ0n) is 9.77. The Balaban J connectivity index is 2.06. The summed E-state index contributed by atoms with van der Waals surface area (Å²) in [7, 11) is 0. The van der Waals surface area contributed by atoms with Gasteiger partial charge in [-0.15, -0.1) is 0 Å². The quantitative estimate of drug-likeness (QED) is 0.829. The van der Waals surface area contributed by atoms with Gasteiger partial charge >= 0.3 is 0 Å². The van der Waals surface area contributed by atoms with Crippen molar-refractivity contribution >= 4 is 17.7 Å². The van der Waals surface area contributed by atoms with Crippen LogP contribution in [-0.2, 0) is 6.54 Å². The molecule has 0 radical (unpaired) electrons. The van der Waals surface area contributed by atoms with E-state index in [1.807, 2.05) is 0 Å². The average molecular weight is 283 g/mol. The van der Waals surface area contributed by atoms with Crippen molar-refractivity contribution in [3.8, 4) is 0 Å². The first-order chi connectivity index (χ1) is 9.16. The van der Waals surface area contributed by atoms with Crippen LogP contribution in [0.5, 0.6) is 0 Å². The van der Waals surface area contributed by atoms with Gasteiger partial charge in [0.1, 0.15) is 5.82 Å². The van der Waals surface area contributed by atoms with Crippen molar-refractivity contribution in [1.29, 1.82) is 0 Å². The number of imidazole rings is 1. The van der Waals surface area contributed by atoms with Crippen LogP contribution < -0.4 is 5.32 Å². The Morgan fingerprint density at radius 2 is 2.21 bits per heavy atom. The van der Waals surface area contributed by atoms with Crippen LogP contribution in [-0.4, -0.2) is 21.6 Å². The Morgan fingerprint density at radius 3 is 2.89 bits per heavy atom. The van der Waals surface area contributed by atoms with Crippen LogP contribution in [0.15, 0.2) is 41.6 Å². The van der Waals surface area contributed by atoms with Gasteiger partial charge in [-0.3, -0.25) is 4.79 Å². The van der Waals surface area contributed by atoms with Gasteiger partial charge in [-0.2, -0.15) is 8.78 Å². The Morgan fingerprint density at radius 1 is 1.42 bits per heavy atom. The second-order valence-corrected chi connectivity index (χ2v) is 4.63. The summed E-state index contributed by atoms with van der Waals surface area (Å²) in [5.41, 5.74) is 0.236. The molecule has 2 rings (SSSR count). The van der Waals surface area contributed by atoms with E-state index in [0.29, 0.717) is 17.6 Å². The molecular formula is C12H11F2N3OS. The number of thioether (sulfide) groups is 1. The number of carbonyl (C=O) groups is 1. The van der Waals surface area contributed by atoms with Gasteiger partial charge in [0.2, 0.25) is 0 Å². The van der Waals surface area contributed by atoms with E-state index in [4.69, 9.17) is 0 Å². The van der Waals surface area contributed by atoms with Crippen LogP contribution in [0.25, 0.3) is 0 Å². The predicted octanol–water partition coefficient (Wildman–Crippen LogP) is 2.65. The Hall–Kier alpha value is -1.89. The van der Waals surface area contributed by atoms with Gasteiger partial charge in [0.25, 0.3) is 11.7 Å². The van der Waals surface area contributed by atoms with E-state index in [2.05, 4.69) is 15.3 Å². The van der Waals surface area contributed by atoms with Crippen LogP contribution >= 0.6 is 11.8 Å². The fourth-order valence-electron chi connectivity index (χ4n) is 1.51. The van der Waals surface area contributed by atoms with Gasteiger partial charge in [-0.1, -0.05) is 23.9 Å². The minimum atomic E-state index is -2.56. The van der Waals surface area contributed by atoms with Crippen molar-refractivity contribution in [3.63, 3.8) is 0 Å². The number of aromatic nitrogens is 2. The number of H-pyrrole nitrogens is 1. The monoisotopic (exact) mass is 283 g/mol. The maximum atomic E-state index is 12.4. The molecule has 4 nitrogen and oxygen atoms in total. The van der Waals surface area contributed by atoms with E-state index in [0.717, 1.165) is 0 Å². The number of rotatable bonds is 5. The molecule has 1 heterocycles. The number of nitrogens with zero attached hydrogens (tertiary/aromatic N) is 1. The maximum Gasteiger partial charge on any atom is 0.288 e. The first-order valence-electron chi connectivity index (χ1n) is 5.47. The summed E-state index contributed by atoms with van der Waals surface area (Å²) in [4.78, 5) is 19.0. The molecule has 0 spiro atoms. The summed E-state index contributed by atoms with van der Waals surface area (Å²) in [6, 6.07) is 6.27. The van der Waals surface area contributed by atoms with Crippen molar-refractivity contribution in [1.82, 2.24) is 15.3 Å². The van der Waals surface area contributed by atoms with Crippen molar-refractivity contribution in [2.24, 2.45) is 0 Å². The number of alkyl halides is 2. The largest absolute Gasteiger partial charge is 0.347 e. The predicted molar refractivity (Wildman–Crippen MR) is 68.1 cm³/mol. The number of hydrogen-bond acceptors (Lipinski definition) is 3. The van der Waals surface area contributed by atoms with Crippen molar-refractivity contribution in [2.45, 2.75) is 17.2 Å². The van der Waals surface area contributed by atoms with Gasteiger partial charge in [0, 0.05) is 17.3 Å². The lowest BCUT2D eigenvalue weighted by molar-refractivity contribution is 0.0947. The summed E-state index contributed by atoms with van der Waals surface area (Å²) >= 11 is 0.359. The third kappa shape index (κ3) is 3.78. The van der Waals surface area contributed by atoms with Crippen molar-refractivity contribution in [3.05, 3.63) is 48.0 Å². The van der Waals surface area contributed by atoms with E-state index in [-0.39, 0.29) is 17.0 Å². The highest BCUT2D eigenvalue weighted by atomic mass is 32.2. The molecule has 0 bridgehead atoms. The van der Waals surface area contributed by atoms with E-state index in [1.165, 1.54) is 12.1 Å². The first kappa shape index (κ1) is 13.5. The molecule has 0 aliphatic heterocycles. The standard InChI is InChI=1S/C12H11F2N3OS/c13-12(14)19-9-4-2-1-3-8(9)11(18)17-7-10-15-5-6-16-10/h1-6,12H,7H2,(H,15,16)(H,17,18). The summed E-state index contributed by atoms with van der Waals surface area (Å²) in [6.45, 7) is 0.222. The van der Waals surface area contributed by atoms with E-state index >= 15 is 0 Å². The summed E-state index contributed by atoms with van der Waals surface area (Å²) in [6.07, 6.45) is 3.21. The highest BCUT2D eigenvalue weighted by Crippen LogP contribution is 2.28. The normalized spacial score (nSPS) is 10.7. The lowest BCUT2D eigenvalue weighted by Gasteiger charge is -2.08. The molecule has 1 aromatic heterocycles. The number of nitrogens with one attached hydrogen (secondary N) is 2. The van der Waals surface area contributed by atoms with E-state index < -0.39 is 11.7 Å². The molecule has 1 aromatic carbocycles. The molecule has 0 unspecified atom stereocenters. The summed E-state index contributed by atoms with van der Waals surface area (Å²) in [5, 5.41) is 2.62. The average Bonchev–Trinajstić information content (AvgIpc) is 2.89. The van der Waals surface area contributed by atoms with Gasteiger partial charge in [-0.25, -0.2) is 4.98 Å². The minimum absolute atomic E-state index is 0.222. The molecule has 100 valence electrons. The molecule has 1 amide bonds. The van der Waals surface area contributed by atoms with Crippen LogP contribution in [0, 0.1) is 0 Å². The molecular weight excluding hydrogens is 272 g/mol. The molecule has 2 aromatic rings. The fraction of sp³-hybridized carbons (Fsp3) is 0.167. The van der Waals surface area contributed by atoms with Gasteiger partial charge in [0.05, 0.1) is 12.1 Å². The molecule has 0 saturated carbocycles. The third-order valence-corrected chi connectivity index (χ3v) is 3.11. The molecule has 0 aliphatic carbocycles. The molecule has 2 N–H and O–H groups in total. The SMILES string of the molecule is O=C(NCc1ncc[nH]1)c1ccccc1SC(F)F. The second-order valence-electron chi connectivity index (χ2n) is 3.59. The van der Waals surface area contributed by atoms with Crippen LogP contribution in [0.1, 0.15) is 16.2 Å². The van der Waals surface area contributed by atoms with E-state index in [9.17, 15) is 13.6 Å². The fourth-order valence-corrected chi connectivity index (χ4v) is 2.14. The highest BCUT2D eigenvalue weighted by molar-refractivity contribution is 7.99.